The molecule has 0 unspecified atom stereocenters. The van der Waals surface area contributed by atoms with Crippen LogP contribution < -0.4 is 14.9 Å². The fourth-order valence-electron chi connectivity index (χ4n) is 2.98. The van der Waals surface area contributed by atoms with Crippen molar-refractivity contribution in [2.24, 2.45) is 0 Å². The van der Waals surface area contributed by atoms with Crippen LogP contribution in [-0.2, 0) is 10.0 Å². The Labute approximate surface area is 188 Å². The summed E-state index contributed by atoms with van der Waals surface area (Å²) in [6.45, 7) is 9.59. The molecule has 0 spiro atoms. The number of carbonyl (C=O) groups excluding carboxylic acids is 1. The Balaban J connectivity index is 2.00. The van der Waals surface area contributed by atoms with Crippen LogP contribution in [0.15, 0.2) is 57.9 Å². The number of amides is 1. The molecule has 8 heteroatoms. The number of para-hydroxylation sites is 1. The Hall–Kier alpha value is -1.90. The highest BCUT2D eigenvalue weighted by molar-refractivity contribution is 9.10. The predicted octanol–water partition coefficient (Wildman–Crippen LogP) is 4.17. The van der Waals surface area contributed by atoms with Crippen LogP contribution in [-0.4, -0.2) is 39.5 Å². The van der Waals surface area contributed by atoms with Gasteiger partial charge in [0.05, 0.1) is 10.5 Å². The van der Waals surface area contributed by atoms with Gasteiger partial charge in [-0.2, -0.15) is 0 Å². The van der Waals surface area contributed by atoms with E-state index in [1.807, 2.05) is 18.2 Å². The van der Waals surface area contributed by atoms with Crippen molar-refractivity contribution in [1.29, 1.82) is 0 Å². The molecule has 2 aromatic carbocycles. The molecule has 0 aromatic heterocycles. The van der Waals surface area contributed by atoms with Crippen LogP contribution in [0.1, 0.15) is 44.5 Å². The van der Waals surface area contributed by atoms with Crippen LogP contribution in [0.2, 0.25) is 0 Å². The van der Waals surface area contributed by atoms with E-state index >= 15 is 0 Å². The van der Waals surface area contributed by atoms with Crippen molar-refractivity contribution >= 4 is 37.5 Å². The average molecular weight is 496 g/mol. The molecular weight excluding hydrogens is 466 g/mol. The number of rotatable bonds is 9. The molecule has 0 aliphatic rings. The first-order valence-corrected chi connectivity index (χ1v) is 12.2. The van der Waals surface area contributed by atoms with Gasteiger partial charge in [-0.1, -0.05) is 18.2 Å². The number of nitrogens with zero attached hydrogens (tertiary/aromatic N) is 1. The molecule has 0 radical (unpaired) electrons. The van der Waals surface area contributed by atoms with Gasteiger partial charge in [0.15, 0.2) is 0 Å². The quantitative estimate of drug-likeness (QED) is 0.511. The molecule has 2 aromatic rings. The van der Waals surface area contributed by atoms with Gasteiger partial charge in [-0.05, 0) is 80.4 Å². The minimum absolute atomic E-state index is 0.0620. The van der Waals surface area contributed by atoms with Gasteiger partial charge in [0.25, 0.3) is 5.91 Å². The fraction of sp³-hybridized carbons (Fsp3) is 0.409. The molecule has 0 saturated heterocycles. The first-order valence-electron chi connectivity index (χ1n) is 9.95. The molecule has 0 bridgehead atoms. The SMILES string of the molecule is CCN(CCCNC(=O)c1cc(S(=O)(=O)NC(C)(C)C)ccc1Br)c1ccccc1. The topological polar surface area (TPSA) is 78.5 Å². The molecule has 0 atom stereocenters. The Morgan fingerprint density at radius 3 is 2.37 bits per heavy atom. The monoisotopic (exact) mass is 495 g/mol. The van der Waals surface area contributed by atoms with Gasteiger partial charge in [-0.15, -0.1) is 0 Å². The summed E-state index contributed by atoms with van der Waals surface area (Å²) in [7, 11) is -3.72. The molecular formula is C22H30BrN3O3S. The molecule has 0 aliphatic heterocycles. The van der Waals surface area contributed by atoms with Crippen LogP contribution >= 0.6 is 15.9 Å². The molecule has 1 amide bonds. The number of halogens is 1. The third-order valence-electron chi connectivity index (χ3n) is 4.33. The highest BCUT2D eigenvalue weighted by Crippen LogP contribution is 2.22. The summed E-state index contributed by atoms with van der Waals surface area (Å²) in [6, 6.07) is 14.6. The smallest absolute Gasteiger partial charge is 0.252 e. The molecule has 0 aliphatic carbocycles. The molecule has 2 N–H and O–H groups in total. The van der Waals surface area contributed by atoms with E-state index in [4.69, 9.17) is 0 Å². The molecule has 0 fully saturated rings. The number of nitrogens with one attached hydrogen (secondary N) is 2. The van der Waals surface area contributed by atoms with Gasteiger partial charge in [-0.3, -0.25) is 4.79 Å². The summed E-state index contributed by atoms with van der Waals surface area (Å²) >= 11 is 3.35. The van der Waals surface area contributed by atoms with E-state index < -0.39 is 15.6 Å². The van der Waals surface area contributed by atoms with E-state index in [-0.39, 0.29) is 10.8 Å². The second-order valence-electron chi connectivity index (χ2n) is 8.02. The van der Waals surface area contributed by atoms with E-state index in [9.17, 15) is 13.2 Å². The second kappa shape index (κ2) is 10.4. The lowest BCUT2D eigenvalue weighted by Crippen LogP contribution is -2.40. The Morgan fingerprint density at radius 2 is 1.77 bits per heavy atom. The van der Waals surface area contributed by atoms with Crippen LogP contribution in [0.5, 0.6) is 0 Å². The molecule has 2 rings (SSSR count). The van der Waals surface area contributed by atoms with Gasteiger partial charge >= 0.3 is 0 Å². The maximum absolute atomic E-state index is 12.6. The number of sulfonamides is 1. The highest BCUT2D eigenvalue weighted by atomic mass is 79.9. The predicted molar refractivity (Wildman–Crippen MR) is 125 cm³/mol. The molecule has 6 nitrogen and oxygen atoms in total. The molecule has 0 saturated carbocycles. The first-order chi connectivity index (χ1) is 14.0. The van der Waals surface area contributed by atoms with Crippen LogP contribution in [0.3, 0.4) is 0 Å². The van der Waals surface area contributed by atoms with E-state index in [1.165, 1.54) is 12.1 Å². The van der Waals surface area contributed by atoms with Crippen molar-refractivity contribution < 1.29 is 13.2 Å². The van der Waals surface area contributed by atoms with Crippen molar-refractivity contribution in [2.45, 2.75) is 44.6 Å². The first kappa shape index (κ1) is 24.4. The number of hydrogen-bond donors (Lipinski definition) is 2. The van der Waals surface area contributed by atoms with E-state index in [0.717, 1.165) is 25.2 Å². The third-order valence-corrected chi connectivity index (χ3v) is 6.77. The van der Waals surface area contributed by atoms with E-state index in [1.54, 1.807) is 26.8 Å². The Morgan fingerprint density at radius 1 is 1.10 bits per heavy atom. The van der Waals surface area contributed by atoms with Gasteiger partial charge in [0.2, 0.25) is 10.0 Å². The van der Waals surface area contributed by atoms with Crippen molar-refractivity contribution in [3.63, 3.8) is 0 Å². The molecule has 30 heavy (non-hydrogen) atoms. The van der Waals surface area contributed by atoms with Gasteiger partial charge in [-0.25, -0.2) is 13.1 Å². The van der Waals surface area contributed by atoms with Gasteiger partial charge < -0.3 is 10.2 Å². The van der Waals surface area contributed by atoms with Crippen molar-refractivity contribution in [1.82, 2.24) is 10.0 Å². The van der Waals surface area contributed by atoms with Gasteiger partial charge in [0.1, 0.15) is 0 Å². The third kappa shape index (κ3) is 7.11. The normalized spacial score (nSPS) is 11.9. The largest absolute Gasteiger partial charge is 0.372 e. The maximum Gasteiger partial charge on any atom is 0.252 e. The van der Waals surface area contributed by atoms with Crippen molar-refractivity contribution in [2.75, 3.05) is 24.5 Å². The van der Waals surface area contributed by atoms with Crippen LogP contribution in [0, 0.1) is 0 Å². The Bertz CT molecular complexity index is 957. The Kier molecular flexibility index (Phi) is 8.46. The summed E-state index contributed by atoms with van der Waals surface area (Å²) < 4.78 is 28.3. The van der Waals surface area contributed by atoms with Crippen molar-refractivity contribution in [3.8, 4) is 0 Å². The summed E-state index contributed by atoms with van der Waals surface area (Å²) in [5.41, 5.74) is 0.832. The molecule has 164 valence electrons. The number of anilines is 1. The summed E-state index contributed by atoms with van der Waals surface area (Å²) in [5, 5.41) is 2.89. The average Bonchev–Trinajstić information content (AvgIpc) is 2.67. The van der Waals surface area contributed by atoms with E-state index in [2.05, 4.69) is 49.9 Å². The lowest BCUT2D eigenvalue weighted by atomic mass is 10.1. The standard InChI is InChI=1S/C22H30BrN3O3S/c1-5-26(17-10-7-6-8-11-17)15-9-14-24-21(27)19-16-18(12-13-20(19)23)30(28,29)25-22(2,3)4/h6-8,10-13,16,25H,5,9,14-15H2,1-4H3,(H,24,27). The molecule has 0 heterocycles. The number of benzene rings is 2. The zero-order chi connectivity index (χ0) is 22.4. The summed E-state index contributed by atoms with van der Waals surface area (Å²) in [5.74, 6) is -0.308. The maximum atomic E-state index is 12.6. The second-order valence-corrected chi connectivity index (χ2v) is 10.6. The van der Waals surface area contributed by atoms with Crippen LogP contribution in [0.25, 0.3) is 0 Å². The lowest BCUT2D eigenvalue weighted by Gasteiger charge is -2.23. The zero-order valence-corrected chi connectivity index (χ0v) is 20.3. The van der Waals surface area contributed by atoms with E-state index in [0.29, 0.717) is 16.6 Å². The summed E-state index contributed by atoms with van der Waals surface area (Å²) in [4.78, 5) is 14.9. The number of carbonyl (C=O) groups is 1. The van der Waals surface area contributed by atoms with Gasteiger partial charge in [0, 0.05) is 35.3 Å². The van der Waals surface area contributed by atoms with Crippen molar-refractivity contribution in [3.05, 3.63) is 58.6 Å². The zero-order valence-electron chi connectivity index (χ0n) is 17.9. The fourth-order valence-corrected chi connectivity index (χ4v) is 4.85. The number of hydrogen-bond acceptors (Lipinski definition) is 4. The highest BCUT2D eigenvalue weighted by Gasteiger charge is 2.23. The minimum atomic E-state index is -3.72. The van der Waals surface area contributed by atoms with Crippen LogP contribution in [0.4, 0.5) is 5.69 Å². The minimum Gasteiger partial charge on any atom is -0.372 e. The lowest BCUT2D eigenvalue weighted by molar-refractivity contribution is 0.0952. The summed E-state index contributed by atoms with van der Waals surface area (Å²) in [6.07, 6.45) is 0.773.